The summed E-state index contributed by atoms with van der Waals surface area (Å²) in [4.78, 5) is 15.3. The summed E-state index contributed by atoms with van der Waals surface area (Å²) in [6.45, 7) is 1.03. The highest BCUT2D eigenvalue weighted by Crippen LogP contribution is 1.94. The number of amides is 1. The van der Waals surface area contributed by atoms with Crippen molar-refractivity contribution in [2.45, 2.75) is 25.8 Å². The number of rotatable bonds is 6. The van der Waals surface area contributed by atoms with Crippen LogP contribution < -0.4 is 11.1 Å². The fraction of sp³-hybridized carbons (Fsp3) is 0.667. The fourth-order valence-corrected chi connectivity index (χ4v) is 1.16. The molecule has 0 saturated heterocycles. The Morgan fingerprint density at radius 1 is 1.60 bits per heavy atom. The zero-order valence-corrected chi connectivity index (χ0v) is 8.94. The molecule has 0 aliphatic carbocycles. The summed E-state index contributed by atoms with van der Waals surface area (Å²) in [5, 5.41) is 6.80. The van der Waals surface area contributed by atoms with Gasteiger partial charge >= 0.3 is 0 Å². The van der Waals surface area contributed by atoms with E-state index in [4.69, 9.17) is 5.73 Å². The van der Waals surface area contributed by atoms with Gasteiger partial charge in [-0.15, -0.1) is 0 Å². The Bertz CT molecular complexity index is 309. The maximum Gasteiger partial charge on any atom is 0.220 e. The van der Waals surface area contributed by atoms with E-state index in [0.717, 1.165) is 12.8 Å². The molecule has 0 unspecified atom stereocenters. The zero-order valence-electron chi connectivity index (χ0n) is 8.94. The lowest BCUT2D eigenvalue weighted by atomic mass is 10.2. The van der Waals surface area contributed by atoms with Crippen LogP contribution in [0.1, 0.15) is 25.1 Å². The average molecular weight is 211 g/mol. The number of aromatic nitrogens is 3. The second-order valence-corrected chi connectivity index (χ2v) is 3.36. The van der Waals surface area contributed by atoms with Crippen molar-refractivity contribution in [2.24, 2.45) is 12.8 Å². The van der Waals surface area contributed by atoms with Crippen LogP contribution in [-0.2, 0) is 18.4 Å². The van der Waals surface area contributed by atoms with Crippen LogP contribution in [0.4, 0.5) is 0 Å². The quantitative estimate of drug-likeness (QED) is 0.625. The van der Waals surface area contributed by atoms with Gasteiger partial charge in [-0.25, -0.2) is 4.98 Å². The molecule has 0 aliphatic heterocycles. The molecule has 1 heterocycles. The zero-order chi connectivity index (χ0) is 11.1. The van der Waals surface area contributed by atoms with Crippen molar-refractivity contribution in [3.05, 3.63) is 12.2 Å². The summed E-state index contributed by atoms with van der Waals surface area (Å²) in [6, 6.07) is 0. The molecule has 0 saturated carbocycles. The molecule has 1 aromatic heterocycles. The molecular formula is C9H17N5O. The summed E-state index contributed by atoms with van der Waals surface area (Å²) >= 11 is 0. The van der Waals surface area contributed by atoms with E-state index in [-0.39, 0.29) is 5.91 Å². The van der Waals surface area contributed by atoms with Crippen LogP contribution in [0.2, 0.25) is 0 Å². The summed E-state index contributed by atoms with van der Waals surface area (Å²) in [5.74, 6) is 0.653. The minimum absolute atomic E-state index is 0.0240. The molecule has 6 nitrogen and oxygen atoms in total. The van der Waals surface area contributed by atoms with Crippen molar-refractivity contribution in [1.82, 2.24) is 20.1 Å². The van der Waals surface area contributed by atoms with Gasteiger partial charge < -0.3 is 11.1 Å². The number of carbonyl (C=O) groups excluding carboxylic acids is 1. The van der Waals surface area contributed by atoms with Gasteiger partial charge in [0.1, 0.15) is 6.33 Å². The Labute approximate surface area is 88.9 Å². The highest BCUT2D eigenvalue weighted by Gasteiger charge is 2.03. The van der Waals surface area contributed by atoms with Gasteiger partial charge in [0, 0.05) is 13.5 Å². The lowest BCUT2D eigenvalue weighted by Gasteiger charge is -2.01. The number of aryl methyl sites for hydroxylation is 1. The third-order valence-corrected chi connectivity index (χ3v) is 1.95. The van der Waals surface area contributed by atoms with E-state index in [1.807, 2.05) is 0 Å². The highest BCUT2D eigenvalue weighted by atomic mass is 16.1. The van der Waals surface area contributed by atoms with Crippen molar-refractivity contribution < 1.29 is 4.79 Å². The highest BCUT2D eigenvalue weighted by molar-refractivity contribution is 5.75. The van der Waals surface area contributed by atoms with E-state index >= 15 is 0 Å². The third-order valence-electron chi connectivity index (χ3n) is 1.95. The molecule has 0 spiro atoms. The number of hydrogen-bond acceptors (Lipinski definition) is 4. The number of carbonyl (C=O) groups is 1. The summed E-state index contributed by atoms with van der Waals surface area (Å²) in [6.07, 6.45) is 3.84. The summed E-state index contributed by atoms with van der Waals surface area (Å²) in [7, 11) is 1.79. The van der Waals surface area contributed by atoms with Crippen LogP contribution in [0.3, 0.4) is 0 Å². The van der Waals surface area contributed by atoms with Crippen molar-refractivity contribution in [2.75, 3.05) is 6.54 Å². The normalized spacial score (nSPS) is 10.3. The fourth-order valence-electron chi connectivity index (χ4n) is 1.16. The van der Waals surface area contributed by atoms with Crippen LogP contribution in [0.25, 0.3) is 0 Å². The predicted molar refractivity (Wildman–Crippen MR) is 55.8 cm³/mol. The molecule has 0 aromatic carbocycles. The minimum atomic E-state index is 0.0240. The molecule has 6 heteroatoms. The van der Waals surface area contributed by atoms with Gasteiger partial charge in [0.2, 0.25) is 5.91 Å². The lowest BCUT2D eigenvalue weighted by Crippen LogP contribution is -2.23. The molecular weight excluding hydrogens is 194 g/mol. The largest absolute Gasteiger partial charge is 0.349 e. The number of unbranched alkanes of at least 4 members (excludes halogenated alkanes) is 1. The number of nitrogens with two attached hydrogens (primary N) is 1. The van der Waals surface area contributed by atoms with Gasteiger partial charge in [0.05, 0.1) is 6.54 Å². The van der Waals surface area contributed by atoms with Gasteiger partial charge in [-0.1, -0.05) is 0 Å². The molecule has 0 fully saturated rings. The van der Waals surface area contributed by atoms with Crippen LogP contribution >= 0.6 is 0 Å². The van der Waals surface area contributed by atoms with Crippen molar-refractivity contribution in [3.63, 3.8) is 0 Å². The van der Waals surface area contributed by atoms with Crippen molar-refractivity contribution in [1.29, 1.82) is 0 Å². The maximum absolute atomic E-state index is 11.3. The smallest absolute Gasteiger partial charge is 0.220 e. The standard InChI is InChI=1S/C9H17N5O/c1-14-7-12-8(13-14)6-11-9(15)4-2-3-5-10/h7H,2-6,10H2,1H3,(H,11,15). The second-order valence-electron chi connectivity index (χ2n) is 3.36. The average Bonchev–Trinajstić information content (AvgIpc) is 2.62. The first kappa shape index (κ1) is 11.6. The Balaban J connectivity index is 2.16. The molecule has 1 amide bonds. The third kappa shape index (κ3) is 4.55. The van der Waals surface area contributed by atoms with E-state index in [1.165, 1.54) is 0 Å². The van der Waals surface area contributed by atoms with Crippen molar-refractivity contribution in [3.8, 4) is 0 Å². The molecule has 0 aliphatic rings. The molecule has 0 atom stereocenters. The number of nitrogens with zero attached hydrogens (tertiary/aromatic N) is 3. The monoisotopic (exact) mass is 211 g/mol. The number of hydrogen-bond donors (Lipinski definition) is 2. The summed E-state index contributed by atoms with van der Waals surface area (Å²) in [5.41, 5.74) is 5.33. The van der Waals surface area contributed by atoms with Gasteiger partial charge in [-0.3, -0.25) is 9.48 Å². The minimum Gasteiger partial charge on any atom is -0.349 e. The first-order valence-corrected chi connectivity index (χ1v) is 5.03. The van der Waals surface area contributed by atoms with E-state index in [0.29, 0.717) is 25.3 Å². The number of nitrogens with one attached hydrogen (secondary N) is 1. The molecule has 1 aromatic rings. The Morgan fingerprint density at radius 2 is 2.40 bits per heavy atom. The second kappa shape index (κ2) is 6.13. The van der Waals surface area contributed by atoms with Gasteiger partial charge in [0.25, 0.3) is 0 Å². The van der Waals surface area contributed by atoms with Crippen LogP contribution in [0, 0.1) is 0 Å². The lowest BCUT2D eigenvalue weighted by molar-refractivity contribution is -0.121. The molecule has 0 radical (unpaired) electrons. The van der Waals surface area contributed by atoms with E-state index < -0.39 is 0 Å². The van der Waals surface area contributed by atoms with E-state index in [2.05, 4.69) is 15.4 Å². The Kier molecular flexibility index (Phi) is 4.76. The van der Waals surface area contributed by atoms with Crippen LogP contribution in [0.5, 0.6) is 0 Å². The van der Waals surface area contributed by atoms with Gasteiger partial charge in [-0.05, 0) is 19.4 Å². The molecule has 84 valence electrons. The summed E-state index contributed by atoms with van der Waals surface area (Å²) < 4.78 is 1.61. The molecule has 15 heavy (non-hydrogen) atoms. The maximum atomic E-state index is 11.3. The van der Waals surface area contributed by atoms with E-state index in [1.54, 1.807) is 18.1 Å². The first-order valence-electron chi connectivity index (χ1n) is 5.03. The van der Waals surface area contributed by atoms with Gasteiger partial charge in [0.15, 0.2) is 5.82 Å². The van der Waals surface area contributed by atoms with E-state index in [9.17, 15) is 4.79 Å². The van der Waals surface area contributed by atoms with Crippen LogP contribution in [0.15, 0.2) is 6.33 Å². The van der Waals surface area contributed by atoms with Crippen LogP contribution in [-0.4, -0.2) is 27.2 Å². The SMILES string of the molecule is Cn1cnc(CNC(=O)CCCCN)n1. The molecule has 1 rings (SSSR count). The first-order chi connectivity index (χ1) is 7.22. The molecule has 3 N–H and O–H groups in total. The topological polar surface area (TPSA) is 85.8 Å². The van der Waals surface area contributed by atoms with Gasteiger partial charge in [-0.2, -0.15) is 5.10 Å². The predicted octanol–water partition coefficient (Wildman–Crippen LogP) is -0.440. The Hall–Kier alpha value is -1.43. The Morgan fingerprint density at radius 3 is 3.00 bits per heavy atom. The van der Waals surface area contributed by atoms with Crippen molar-refractivity contribution >= 4 is 5.91 Å². The molecule has 0 bridgehead atoms.